The van der Waals surface area contributed by atoms with Crippen molar-refractivity contribution in [2.75, 3.05) is 18.4 Å². The molecule has 0 radical (unpaired) electrons. The second-order valence-electron chi connectivity index (χ2n) is 6.88. The molecule has 9 heteroatoms. The summed E-state index contributed by atoms with van der Waals surface area (Å²) in [6.45, 7) is 1.65. The van der Waals surface area contributed by atoms with Gasteiger partial charge in [0.25, 0.3) is 0 Å². The summed E-state index contributed by atoms with van der Waals surface area (Å²) < 4.78 is 52.9. The normalized spacial score (nSPS) is 15.8. The van der Waals surface area contributed by atoms with E-state index < -0.39 is 21.7 Å². The van der Waals surface area contributed by atoms with Gasteiger partial charge in [-0.1, -0.05) is 0 Å². The number of hydrogen-bond acceptors (Lipinski definition) is 4. The number of nitrogens with zero attached hydrogens (tertiary/aromatic N) is 1. The van der Waals surface area contributed by atoms with Gasteiger partial charge in [0.1, 0.15) is 0 Å². The molecule has 0 spiro atoms. The largest absolute Gasteiger partial charge is 0.326 e. The Balaban J connectivity index is 1.61. The lowest BCUT2D eigenvalue weighted by Crippen LogP contribution is -2.41. The number of anilines is 1. The molecule has 2 aromatic rings. The molecule has 3 rings (SSSR count). The average molecular weight is 422 g/mol. The number of benzene rings is 2. The summed E-state index contributed by atoms with van der Waals surface area (Å²) in [5.74, 6) is -3.02. The van der Waals surface area contributed by atoms with E-state index in [9.17, 15) is 26.8 Å². The Labute approximate surface area is 167 Å². The fourth-order valence-electron chi connectivity index (χ4n) is 3.18. The molecule has 1 heterocycles. The first-order valence-electron chi connectivity index (χ1n) is 9.05. The monoisotopic (exact) mass is 422 g/mol. The lowest BCUT2D eigenvalue weighted by atomic mass is 9.97. The van der Waals surface area contributed by atoms with Gasteiger partial charge in [0, 0.05) is 30.3 Å². The van der Waals surface area contributed by atoms with Crippen LogP contribution < -0.4 is 5.32 Å². The topological polar surface area (TPSA) is 83.6 Å². The van der Waals surface area contributed by atoms with Gasteiger partial charge in [0.2, 0.25) is 15.9 Å². The van der Waals surface area contributed by atoms with E-state index in [1.165, 1.54) is 11.2 Å². The maximum Gasteiger partial charge on any atom is 0.243 e. The predicted octanol–water partition coefficient (Wildman–Crippen LogP) is 3.21. The molecule has 0 aromatic heterocycles. The zero-order valence-electron chi connectivity index (χ0n) is 15.7. The van der Waals surface area contributed by atoms with Crippen molar-refractivity contribution in [1.82, 2.24) is 4.31 Å². The van der Waals surface area contributed by atoms with E-state index >= 15 is 0 Å². The smallest absolute Gasteiger partial charge is 0.243 e. The summed E-state index contributed by atoms with van der Waals surface area (Å²) in [7, 11) is -3.96. The molecular formula is C20H20F2N2O4S. The van der Waals surface area contributed by atoms with Gasteiger partial charge in [0.15, 0.2) is 17.4 Å². The number of halogens is 2. The number of amides is 1. The maximum absolute atomic E-state index is 13.4. The number of carbonyl (C=O) groups excluding carboxylic acids is 2. The third-order valence-electron chi connectivity index (χ3n) is 4.91. The lowest BCUT2D eigenvalue weighted by Gasteiger charge is -2.30. The number of Topliss-reactive ketones (excluding diaryl/α,β-unsaturated/α-hetero) is 1. The molecule has 154 valence electrons. The molecule has 0 aliphatic carbocycles. The zero-order chi connectivity index (χ0) is 21.2. The summed E-state index contributed by atoms with van der Waals surface area (Å²) in [5.41, 5.74) is 1.09. The van der Waals surface area contributed by atoms with Crippen molar-refractivity contribution in [2.24, 2.45) is 5.92 Å². The highest BCUT2D eigenvalue weighted by Crippen LogP contribution is 2.26. The van der Waals surface area contributed by atoms with Gasteiger partial charge in [-0.15, -0.1) is 0 Å². The van der Waals surface area contributed by atoms with E-state index in [0.717, 1.165) is 12.1 Å². The highest BCUT2D eigenvalue weighted by atomic mass is 32.2. The number of piperidine rings is 1. The van der Waals surface area contributed by atoms with Crippen molar-refractivity contribution in [3.63, 3.8) is 0 Å². The van der Waals surface area contributed by atoms with Crippen LogP contribution in [0.2, 0.25) is 0 Å². The average Bonchev–Trinajstić information content (AvgIpc) is 2.70. The molecule has 1 saturated heterocycles. The van der Waals surface area contributed by atoms with Gasteiger partial charge in [0.05, 0.1) is 4.90 Å². The lowest BCUT2D eigenvalue weighted by molar-refractivity contribution is -0.120. The highest BCUT2D eigenvalue weighted by molar-refractivity contribution is 7.89. The molecule has 1 fully saturated rings. The van der Waals surface area contributed by atoms with Crippen LogP contribution in [0.3, 0.4) is 0 Å². The first-order valence-corrected chi connectivity index (χ1v) is 10.5. The third kappa shape index (κ3) is 4.68. The Kier molecular flexibility index (Phi) is 6.09. The second-order valence-corrected chi connectivity index (χ2v) is 8.81. The van der Waals surface area contributed by atoms with Crippen molar-refractivity contribution < 1.29 is 26.8 Å². The van der Waals surface area contributed by atoms with Crippen LogP contribution in [-0.2, 0) is 14.8 Å². The van der Waals surface area contributed by atoms with Crippen LogP contribution in [-0.4, -0.2) is 37.5 Å². The van der Waals surface area contributed by atoms with Crippen molar-refractivity contribution >= 4 is 27.4 Å². The quantitative estimate of drug-likeness (QED) is 0.750. The van der Waals surface area contributed by atoms with Gasteiger partial charge in [-0.3, -0.25) is 9.59 Å². The molecule has 29 heavy (non-hydrogen) atoms. The Morgan fingerprint density at radius 2 is 1.62 bits per heavy atom. The molecule has 1 aliphatic rings. The summed E-state index contributed by atoms with van der Waals surface area (Å²) in [5, 5.41) is 2.77. The van der Waals surface area contributed by atoms with Gasteiger partial charge < -0.3 is 5.32 Å². The van der Waals surface area contributed by atoms with Crippen LogP contribution in [0.15, 0.2) is 47.4 Å². The molecule has 0 unspecified atom stereocenters. The number of sulfonamides is 1. The van der Waals surface area contributed by atoms with Crippen LogP contribution in [0.5, 0.6) is 0 Å². The van der Waals surface area contributed by atoms with Crippen molar-refractivity contribution in [1.29, 1.82) is 0 Å². The minimum absolute atomic E-state index is 0.0718. The van der Waals surface area contributed by atoms with Crippen LogP contribution in [0.1, 0.15) is 30.1 Å². The van der Waals surface area contributed by atoms with E-state index in [0.29, 0.717) is 30.2 Å². The number of rotatable bonds is 5. The Morgan fingerprint density at radius 3 is 2.17 bits per heavy atom. The van der Waals surface area contributed by atoms with E-state index in [-0.39, 0.29) is 35.6 Å². The van der Waals surface area contributed by atoms with E-state index in [2.05, 4.69) is 5.32 Å². The molecule has 1 amide bonds. The van der Waals surface area contributed by atoms with E-state index in [1.807, 2.05) is 0 Å². The van der Waals surface area contributed by atoms with Gasteiger partial charge in [-0.2, -0.15) is 4.31 Å². The van der Waals surface area contributed by atoms with E-state index in [1.54, 1.807) is 24.3 Å². The third-order valence-corrected chi connectivity index (χ3v) is 6.81. The fraction of sp³-hybridized carbons (Fsp3) is 0.300. The number of nitrogens with one attached hydrogen (secondary N) is 1. The van der Waals surface area contributed by atoms with Gasteiger partial charge in [-0.25, -0.2) is 17.2 Å². The predicted molar refractivity (Wildman–Crippen MR) is 103 cm³/mol. The molecule has 6 nitrogen and oxygen atoms in total. The second kappa shape index (κ2) is 8.38. The van der Waals surface area contributed by atoms with Crippen molar-refractivity contribution in [3.05, 3.63) is 59.7 Å². The van der Waals surface area contributed by atoms with Crippen LogP contribution in [0.25, 0.3) is 0 Å². The van der Waals surface area contributed by atoms with Crippen LogP contribution in [0, 0.1) is 17.6 Å². The van der Waals surface area contributed by atoms with Crippen molar-refractivity contribution in [3.8, 4) is 0 Å². The standard InChI is InChI=1S/C20H20F2N2O4S/c1-13(25)14-2-4-16(5-3-14)23-20(26)15-8-10-24(11-9-15)29(27,28)17-6-7-18(21)19(22)12-17/h2-7,12,15H,8-11H2,1H3,(H,23,26). The highest BCUT2D eigenvalue weighted by Gasteiger charge is 2.32. The SMILES string of the molecule is CC(=O)c1ccc(NC(=O)C2CCN(S(=O)(=O)c3ccc(F)c(F)c3)CC2)cc1. The summed E-state index contributed by atoms with van der Waals surface area (Å²) >= 11 is 0. The molecule has 0 bridgehead atoms. The summed E-state index contributed by atoms with van der Waals surface area (Å²) in [4.78, 5) is 23.4. The molecule has 0 atom stereocenters. The Bertz CT molecular complexity index is 1030. The first-order chi connectivity index (χ1) is 13.7. The van der Waals surface area contributed by atoms with E-state index in [4.69, 9.17) is 0 Å². The maximum atomic E-state index is 13.4. The van der Waals surface area contributed by atoms with Gasteiger partial charge >= 0.3 is 0 Å². The Hall–Kier alpha value is -2.65. The molecule has 1 N–H and O–H groups in total. The first kappa shape index (κ1) is 21.1. The number of ketones is 1. The van der Waals surface area contributed by atoms with Gasteiger partial charge in [-0.05, 0) is 62.2 Å². The molecular weight excluding hydrogens is 402 g/mol. The molecule has 1 aliphatic heterocycles. The van der Waals surface area contributed by atoms with Crippen LogP contribution in [0.4, 0.5) is 14.5 Å². The molecule has 0 saturated carbocycles. The van der Waals surface area contributed by atoms with Crippen LogP contribution >= 0.6 is 0 Å². The molecule has 2 aromatic carbocycles. The fourth-order valence-corrected chi connectivity index (χ4v) is 4.66. The number of hydrogen-bond donors (Lipinski definition) is 1. The zero-order valence-corrected chi connectivity index (χ0v) is 16.5. The van der Waals surface area contributed by atoms with Crippen molar-refractivity contribution in [2.45, 2.75) is 24.7 Å². The summed E-state index contributed by atoms with van der Waals surface area (Å²) in [6, 6.07) is 8.98. The summed E-state index contributed by atoms with van der Waals surface area (Å²) in [6.07, 6.45) is 0.612. The Morgan fingerprint density at radius 1 is 1.00 bits per heavy atom. The number of carbonyl (C=O) groups is 2. The minimum Gasteiger partial charge on any atom is -0.326 e. The minimum atomic E-state index is -3.96.